The summed E-state index contributed by atoms with van der Waals surface area (Å²) in [6, 6.07) is 10.4. The van der Waals surface area contributed by atoms with Gasteiger partial charge in [-0.2, -0.15) is 10.2 Å². The Labute approximate surface area is 205 Å². The normalized spacial score (nSPS) is 11.3. The van der Waals surface area contributed by atoms with Crippen LogP contribution in [0.3, 0.4) is 0 Å². The Kier molecular flexibility index (Phi) is 5.96. The van der Waals surface area contributed by atoms with Gasteiger partial charge in [-0.15, -0.1) is 5.10 Å². The van der Waals surface area contributed by atoms with E-state index in [2.05, 4.69) is 20.5 Å². The number of carbonyl (C=O) groups is 1. The molecular weight excluding hydrogens is 465 g/mol. The lowest BCUT2D eigenvalue weighted by atomic mass is 10.1. The van der Waals surface area contributed by atoms with E-state index in [9.17, 15) is 4.79 Å². The molecule has 0 radical (unpaired) electrons. The van der Waals surface area contributed by atoms with E-state index in [-0.39, 0.29) is 6.54 Å². The van der Waals surface area contributed by atoms with Gasteiger partial charge in [-0.25, -0.2) is 18.9 Å². The first-order valence-electron chi connectivity index (χ1n) is 11.4. The number of hydrogen-bond acceptors (Lipinski definition) is 6. The summed E-state index contributed by atoms with van der Waals surface area (Å²) >= 11 is 0. The van der Waals surface area contributed by atoms with Crippen molar-refractivity contribution in [3.63, 3.8) is 0 Å². The fraction of sp³-hybridized carbons (Fsp3) is 0.240. The zero-order valence-corrected chi connectivity index (χ0v) is 20.0. The van der Waals surface area contributed by atoms with Crippen LogP contribution in [0.5, 0.6) is 5.75 Å². The molecule has 36 heavy (non-hydrogen) atoms. The molecule has 2 aromatic carbocycles. The Morgan fingerprint density at radius 1 is 1.17 bits per heavy atom. The van der Waals surface area contributed by atoms with Gasteiger partial charge in [-0.3, -0.25) is 0 Å². The van der Waals surface area contributed by atoms with Crippen LogP contribution in [-0.2, 0) is 6.54 Å². The number of halogens is 1. The minimum Gasteiger partial charge on any atom is -0.494 e. The molecule has 0 fully saturated rings. The largest absolute Gasteiger partial charge is 0.494 e. The molecule has 1 amide bonds. The minimum atomic E-state index is -1.08. The Morgan fingerprint density at radius 3 is 2.75 bits per heavy atom. The Morgan fingerprint density at radius 2 is 2.00 bits per heavy atom. The van der Waals surface area contributed by atoms with Gasteiger partial charge < -0.3 is 19.7 Å². The monoisotopic (exact) mass is 489 g/mol. The third-order valence-electron chi connectivity index (χ3n) is 5.98. The van der Waals surface area contributed by atoms with Gasteiger partial charge in [0.2, 0.25) is 0 Å². The smallest absolute Gasteiger partial charge is 0.404 e. The van der Waals surface area contributed by atoms with Crippen LogP contribution in [0.4, 0.5) is 9.18 Å². The molecule has 11 heteroatoms. The highest BCUT2D eigenvalue weighted by Crippen LogP contribution is 2.32. The zero-order chi connectivity index (χ0) is 25.4. The number of hydrogen-bond donors (Lipinski definition) is 2. The van der Waals surface area contributed by atoms with E-state index in [1.165, 1.54) is 6.07 Å². The zero-order valence-electron chi connectivity index (χ0n) is 20.0. The Hall–Kier alpha value is -4.54. The van der Waals surface area contributed by atoms with Crippen molar-refractivity contribution in [1.82, 2.24) is 34.8 Å². The number of carboxylic acid groups (broad SMARTS) is 1. The van der Waals surface area contributed by atoms with Crippen LogP contribution in [-0.4, -0.2) is 53.9 Å². The third-order valence-corrected chi connectivity index (χ3v) is 5.98. The van der Waals surface area contributed by atoms with Crippen molar-refractivity contribution in [2.45, 2.75) is 27.3 Å². The van der Waals surface area contributed by atoms with Gasteiger partial charge in [0, 0.05) is 30.1 Å². The number of nitrogens with zero attached hydrogens (tertiary/aromatic N) is 6. The van der Waals surface area contributed by atoms with Crippen LogP contribution in [0.25, 0.3) is 38.9 Å². The predicted molar refractivity (Wildman–Crippen MR) is 132 cm³/mol. The number of fused-ring (bicyclic) bond motifs is 2. The molecule has 0 aliphatic heterocycles. The lowest BCUT2D eigenvalue weighted by Crippen LogP contribution is -2.24. The number of benzene rings is 2. The average Bonchev–Trinajstić information content (AvgIpc) is 3.41. The Bertz CT molecular complexity index is 1610. The number of rotatable bonds is 7. The summed E-state index contributed by atoms with van der Waals surface area (Å²) in [6.07, 6.45) is 0.592. The minimum absolute atomic E-state index is 0.247. The standard InChI is InChI=1S/C25H24FN7O3/c1-4-36-17-6-8-20(18(26)12-17)33-15(3)22-14(2)29-30-23(24(22)31-33)16-5-7-19-21(11-16)32(13-28-19)10-9-27-25(34)35/h5-8,11-13,27H,4,9-10H2,1-3H3,(H,34,35). The number of ether oxygens (including phenoxy) is 1. The van der Waals surface area contributed by atoms with Gasteiger partial charge in [0.25, 0.3) is 0 Å². The van der Waals surface area contributed by atoms with Crippen molar-refractivity contribution >= 4 is 28.0 Å². The molecule has 0 aliphatic carbocycles. The van der Waals surface area contributed by atoms with Gasteiger partial charge >= 0.3 is 6.09 Å². The van der Waals surface area contributed by atoms with Crippen molar-refractivity contribution in [3.8, 4) is 22.7 Å². The van der Waals surface area contributed by atoms with Crippen LogP contribution in [0.1, 0.15) is 18.3 Å². The third kappa shape index (κ3) is 4.08. The van der Waals surface area contributed by atoms with E-state index < -0.39 is 11.9 Å². The number of aryl methyl sites for hydroxylation is 2. The number of amides is 1. The number of aromatic nitrogens is 6. The molecule has 3 aromatic heterocycles. The summed E-state index contributed by atoms with van der Waals surface area (Å²) in [4.78, 5) is 15.2. The predicted octanol–water partition coefficient (Wildman–Crippen LogP) is 4.25. The van der Waals surface area contributed by atoms with E-state index in [0.717, 1.165) is 27.7 Å². The van der Waals surface area contributed by atoms with E-state index >= 15 is 4.39 Å². The molecule has 3 heterocycles. The van der Waals surface area contributed by atoms with E-state index in [1.807, 2.05) is 43.5 Å². The second-order valence-corrected chi connectivity index (χ2v) is 8.27. The molecule has 0 aliphatic rings. The first-order chi connectivity index (χ1) is 17.4. The molecule has 184 valence electrons. The summed E-state index contributed by atoms with van der Waals surface area (Å²) in [5, 5.41) is 25.5. The maximum Gasteiger partial charge on any atom is 0.404 e. The van der Waals surface area contributed by atoms with Crippen molar-refractivity contribution in [2.24, 2.45) is 0 Å². The van der Waals surface area contributed by atoms with Crippen LogP contribution >= 0.6 is 0 Å². The van der Waals surface area contributed by atoms with Crippen molar-refractivity contribution in [2.75, 3.05) is 13.2 Å². The van der Waals surface area contributed by atoms with Crippen LogP contribution in [0.2, 0.25) is 0 Å². The highest BCUT2D eigenvalue weighted by Gasteiger charge is 2.20. The van der Waals surface area contributed by atoms with Gasteiger partial charge in [0.1, 0.15) is 22.6 Å². The fourth-order valence-corrected chi connectivity index (χ4v) is 4.33. The molecule has 0 saturated carbocycles. The second kappa shape index (κ2) is 9.25. The highest BCUT2D eigenvalue weighted by molar-refractivity contribution is 5.96. The second-order valence-electron chi connectivity index (χ2n) is 8.27. The van der Waals surface area contributed by atoms with E-state index in [1.54, 1.807) is 23.1 Å². The van der Waals surface area contributed by atoms with Gasteiger partial charge in [-0.1, -0.05) is 6.07 Å². The molecule has 5 rings (SSSR count). The van der Waals surface area contributed by atoms with Gasteiger partial charge in [0.15, 0.2) is 5.82 Å². The van der Waals surface area contributed by atoms with Gasteiger partial charge in [-0.05, 0) is 45.0 Å². The lowest BCUT2D eigenvalue weighted by molar-refractivity contribution is 0.194. The van der Waals surface area contributed by atoms with E-state index in [4.69, 9.17) is 14.9 Å². The van der Waals surface area contributed by atoms with Crippen LogP contribution < -0.4 is 10.1 Å². The van der Waals surface area contributed by atoms with Crippen molar-refractivity contribution in [1.29, 1.82) is 0 Å². The van der Waals surface area contributed by atoms with Gasteiger partial charge in [0.05, 0.1) is 35.4 Å². The first-order valence-corrected chi connectivity index (χ1v) is 11.4. The van der Waals surface area contributed by atoms with Crippen LogP contribution in [0.15, 0.2) is 42.7 Å². The molecule has 0 spiro atoms. The summed E-state index contributed by atoms with van der Waals surface area (Å²) in [5.74, 6) is 0.00838. The number of nitrogens with one attached hydrogen (secondary N) is 1. The summed E-state index contributed by atoms with van der Waals surface area (Å²) in [7, 11) is 0. The van der Waals surface area contributed by atoms with Crippen molar-refractivity contribution < 1.29 is 19.0 Å². The summed E-state index contributed by atoms with van der Waals surface area (Å²) in [6.45, 7) is 6.68. The van der Waals surface area contributed by atoms with Crippen molar-refractivity contribution in [3.05, 3.63) is 59.9 Å². The summed E-state index contributed by atoms with van der Waals surface area (Å²) < 4.78 is 23.8. The molecule has 10 nitrogen and oxygen atoms in total. The fourth-order valence-electron chi connectivity index (χ4n) is 4.33. The summed E-state index contributed by atoms with van der Waals surface area (Å²) in [5.41, 5.74) is 5.25. The average molecular weight is 490 g/mol. The maximum absolute atomic E-state index is 15.0. The maximum atomic E-state index is 15.0. The highest BCUT2D eigenvalue weighted by atomic mass is 19.1. The molecule has 0 unspecified atom stereocenters. The quantitative estimate of drug-likeness (QED) is 0.351. The molecule has 5 aromatic rings. The topological polar surface area (TPSA) is 120 Å². The molecule has 0 bridgehead atoms. The van der Waals surface area contributed by atoms with Crippen LogP contribution in [0, 0.1) is 19.7 Å². The molecular formula is C25H24FN7O3. The molecule has 0 saturated heterocycles. The Balaban J connectivity index is 1.61. The molecule has 0 atom stereocenters. The lowest BCUT2D eigenvalue weighted by Gasteiger charge is -2.08. The van der Waals surface area contributed by atoms with E-state index in [0.29, 0.717) is 41.5 Å². The SMILES string of the molecule is CCOc1ccc(-n2nc3c(-c4ccc5ncn(CCNC(=O)O)c5c4)nnc(C)c3c2C)c(F)c1. The number of imidazole rings is 1. The molecule has 2 N–H and O–H groups in total. The first kappa shape index (κ1) is 23.2.